The van der Waals surface area contributed by atoms with Crippen molar-refractivity contribution < 1.29 is 0 Å². The van der Waals surface area contributed by atoms with Crippen molar-refractivity contribution in [3.8, 4) is 0 Å². The topological polar surface area (TPSA) is 15.6 Å². The van der Waals surface area contributed by atoms with Crippen molar-refractivity contribution in [1.29, 1.82) is 0 Å². The SMILES string of the molecule is CN=C(C)N1c2ccccc2Cc2cc(Cl)ccc21. The lowest BCUT2D eigenvalue weighted by Gasteiger charge is -2.33. The molecule has 0 aromatic heterocycles. The zero-order valence-electron chi connectivity index (χ0n) is 11.0. The van der Waals surface area contributed by atoms with Gasteiger partial charge >= 0.3 is 0 Å². The molecular weight excluding hydrogens is 256 g/mol. The monoisotopic (exact) mass is 270 g/mol. The molecule has 0 amide bonds. The Bertz CT molecular complexity index is 662. The van der Waals surface area contributed by atoms with E-state index in [0.717, 1.165) is 17.3 Å². The molecular formula is C16H15ClN2. The highest BCUT2D eigenvalue weighted by Gasteiger charge is 2.23. The number of aliphatic imine (C=N–C) groups is 1. The molecule has 0 unspecified atom stereocenters. The molecule has 0 saturated heterocycles. The normalized spacial score (nSPS) is 14.1. The molecule has 0 saturated carbocycles. The second kappa shape index (κ2) is 4.71. The largest absolute Gasteiger partial charge is 0.298 e. The highest BCUT2D eigenvalue weighted by molar-refractivity contribution is 6.30. The molecule has 0 bridgehead atoms. The molecule has 0 spiro atoms. The van der Waals surface area contributed by atoms with Gasteiger partial charge in [-0.05, 0) is 42.3 Å². The van der Waals surface area contributed by atoms with Gasteiger partial charge in [-0.15, -0.1) is 0 Å². The first-order valence-electron chi connectivity index (χ1n) is 6.30. The predicted octanol–water partition coefficient (Wildman–Crippen LogP) is 4.43. The molecule has 1 aliphatic heterocycles. The lowest BCUT2D eigenvalue weighted by molar-refractivity contribution is 1.10. The summed E-state index contributed by atoms with van der Waals surface area (Å²) in [5.41, 5.74) is 4.93. The Morgan fingerprint density at radius 1 is 1.11 bits per heavy atom. The Kier molecular flexibility index (Phi) is 3.03. The van der Waals surface area contributed by atoms with Crippen LogP contribution in [0.1, 0.15) is 18.1 Å². The number of halogens is 1. The van der Waals surface area contributed by atoms with Crippen LogP contribution < -0.4 is 4.90 Å². The summed E-state index contributed by atoms with van der Waals surface area (Å²) in [7, 11) is 1.82. The van der Waals surface area contributed by atoms with Crippen molar-refractivity contribution >= 4 is 28.8 Å². The Balaban J connectivity index is 2.24. The summed E-state index contributed by atoms with van der Waals surface area (Å²) in [4.78, 5) is 6.54. The molecule has 0 radical (unpaired) electrons. The number of fused-ring (bicyclic) bond motifs is 2. The van der Waals surface area contributed by atoms with E-state index in [0.29, 0.717) is 0 Å². The van der Waals surface area contributed by atoms with Gasteiger partial charge in [0.2, 0.25) is 0 Å². The molecule has 2 aromatic rings. The van der Waals surface area contributed by atoms with Crippen LogP contribution in [0, 0.1) is 0 Å². The van der Waals surface area contributed by atoms with Crippen molar-refractivity contribution in [2.24, 2.45) is 4.99 Å². The molecule has 2 aromatic carbocycles. The fourth-order valence-corrected chi connectivity index (χ4v) is 2.77. The first-order chi connectivity index (χ1) is 9.20. The van der Waals surface area contributed by atoms with Crippen molar-refractivity contribution in [2.75, 3.05) is 11.9 Å². The maximum absolute atomic E-state index is 6.12. The Labute approximate surface area is 118 Å². The van der Waals surface area contributed by atoms with Crippen LogP contribution in [0.3, 0.4) is 0 Å². The van der Waals surface area contributed by atoms with E-state index in [4.69, 9.17) is 11.6 Å². The zero-order valence-corrected chi connectivity index (χ0v) is 11.8. The Morgan fingerprint density at radius 2 is 1.84 bits per heavy atom. The van der Waals surface area contributed by atoms with E-state index < -0.39 is 0 Å². The van der Waals surface area contributed by atoms with Gasteiger partial charge < -0.3 is 0 Å². The molecule has 0 aliphatic carbocycles. The average Bonchev–Trinajstić information content (AvgIpc) is 2.43. The van der Waals surface area contributed by atoms with Crippen molar-refractivity contribution in [3.63, 3.8) is 0 Å². The Hall–Kier alpha value is -1.80. The van der Waals surface area contributed by atoms with E-state index in [9.17, 15) is 0 Å². The highest BCUT2D eigenvalue weighted by Crippen LogP contribution is 2.39. The number of nitrogens with zero attached hydrogens (tertiary/aromatic N) is 2. The summed E-state index contributed by atoms with van der Waals surface area (Å²) < 4.78 is 0. The molecule has 1 heterocycles. The number of anilines is 2. The minimum Gasteiger partial charge on any atom is -0.298 e. The number of hydrogen-bond donors (Lipinski definition) is 0. The first kappa shape index (κ1) is 12.2. The summed E-state index contributed by atoms with van der Waals surface area (Å²) >= 11 is 6.12. The number of benzene rings is 2. The van der Waals surface area contributed by atoms with Gasteiger partial charge in [0.05, 0.1) is 11.4 Å². The number of amidine groups is 1. The number of hydrogen-bond acceptors (Lipinski definition) is 1. The second-order valence-electron chi connectivity index (χ2n) is 4.68. The summed E-state index contributed by atoms with van der Waals surface area (Å²) in [5, 5.41) is 0.782. The van der Waals surface area contributed by atoms with Crippen molar-refractivity contribution in [1.82, 2.24) is 0 Å². The lowest BCUT2D eigenvalue weighted by Crippen LogP contribution is -2.28. The summed E-state index contributed by atoms with van der Waals surface area (Å²) in [6.45, 7) is 2.03. The fourth-order valence-electron chi connectivity index (χ4n) is 2.58. The van der Waals surface area contributed by atoms with Crippen LogP contribution in [-0.2, 0) is 6.42 Å². The van der Waals surface area contributed by atoms with Gasteiger partial charge in [0.25, 0.3) is 0 Å². The molecule has 96 valence electrons. The van der Waals surface area contributed by atoms with Crippen LogP contribution >= 0.6 is 11.6 Å². The van der Waals surface area contributed by atoms with Gasteiger partial charge in [0, 0.05) is 18.5 Å². The molecule has 0 fully saturated rings. The smallest absolute Gasteiger partial charge is 0.104 e. The molecule has 0 atom stereocenters. The highest BCUT2D eigenvalue weighted by atomic mass is 35.5. The van der Waals surface area contributed by atoms with E-state index in [2.05, 4.69) is 40.2 Å². The third-order valence-corrected chi connectivity index (χ3v) is 3.78. The van der Waals surface area contributed by atoms with Gasteiger partial charge in [-0.1, -0.05) is 29.8 Å². The Morgan fingerprint density at radius 3 is 2.63 bits per heavy atom. The summed E-state index contributed by atoms with van der Waals surface area (Å²) in [6, 6.07) is 14.5. The summed E-state index contributed by atoms with van der Waals surface area (Å²) in [5.74, 6) is 0.982. The zero-order chi connectivity index (χ0) is 13.4. The van der Waals surface area contributed by atoms with Gasteiger partial charge in [0.15, 0.2) is 0 Å². The third-order valence-electron chi connectivity index (χ3n) is 3.54. The minimum atomic E-state index is 0.782. The van der Waals surface area contributed by atoms with Crippen LogP contribution in [0.4, 0.5) is 11.4 Å². The van der Waals surface area contributed by atoms with Crippen LogP contribution in [0.5, 0.6) is 0 Å². The maximum atomic E-state index is 6.12. The summed E-state index contributed by atoms with van der Waals surface area (Å²) in [6.07, 6.45) is 0.916. The van der Waals surface area contributed by atoms with Crippen LogP contribution in [0.25, 0.3) is 0 Å². The van der Waals surface area contributed by atoms with Crippen LogP contribution in [0.2, 0.25) is 5.02 Å². The maximum Gasteiger partial charge on any atom is 0.104 e. The van der Waals surface area contributed by atoms with Crippen LogP contribution in [0.15, 0.2) is 47.5 Å². The predicted molar refractivity (Wildman–Crippen MR) is 81.9 cm³/mol. The number of para-hydroxylation sites is 1. The van der Waals surface area contributed by atoms with Crippen molar-refractivity contribution in [3.05, 3.63) is 58.6 Å². The van der Waals surface area contributed by atoms with E-state index in [1.54, 1.807) is 0 Å². The molecule has 0 N–H and O–H groups in total. The van der Waals surface area contributed by atoms with Gasteiger partial charge in [-0.3, -0.25) is 9.89 Å². The molecule has 2 nitrogen and oxygen atoms in total. The van der Waals surface area contributed by atoms with E-state index in [1.165, 1.54) is 22.5 Å². The van der Waals surface area contributed by atoms with Gasteiger partial charge in [-0.2, -0.15) is 0 Å². The first-order valence-corrected chi connectivity index (χ1v) is 6.68. The van der Waals surface area contributed by atoms with Crippen molar-refractivity contribution in [2.45, 2.75) is 13.3 Å². The second-order valence-corrected chi connectivity index (χ2v) is 5.12. The molecule has 3 heteroatoms. The lowest BCUT2D eigenvalue weighted by atomic mass is 9.95. The third kappa shape index (κ3) is 2.02. The van der Waals surface area contributed by atoms with E-state index in [-0.39, 0.29) is 0 Å². The fraction of sp³-hybridized carbons (Fsp3) is 0.188. The van der Waals surface area contributed by atoms with E-state index in [1.807, 2.05) is 26.1 Å². The minimum absolute atomic E-state index is 0.782. The standard InChI is InChI=1S/C16H15ClN2/c1-11(18-2)19-15-6-4-3-5-12(15)9-13-10-14(17)7-8-16(13)19/h3-8,10H,9H2,1-2H3. The molecule has 19 heavy (non-hydrogen) atoms. The molecule has 1 aliphatic rings. The van der Waals surface area contributed by atoms with E-state index >= 15 is 0 Å². The van der Waals surface area contributed by atoms with Crippen LogP contribution in [-0.4, -0.2) is 12.9 Å². The average molecular weight is 271 g/mol. The van der Waals surface area contributed by atoms with Gasteiger partial charge in [0.1, 0.15) is 5.84 Å². The number of rotatable bonds is 0. The quantitative estimate of drug-likeness (QED) is 0.511. The molecule has 3 rings (SSSR count). The van der Waals surface area contributed by atoms with Gasteiger partial charge in [-0.25, -0.2) is 0 Å².